The van der Waals surface area contributed by atoms with Crippen LogP contribution in [0.15, 0.2) is 14.7 Å². The van der Waals surface area contributed by atoms with E-state index in [0.717, 1.165) is 30.2 Å². The number of hydrogen-bond acceptors (Lipinski definition) is 5. The molecule has 0 radical (unpaired) electrons. The van der Waals surface area contributed by atoms with E-state index in [4.69, 9.17) is 9.84 Å². The average molecular weight is 400 g/mol. The second-order valence-electron chi connectivity index (χ2n) is 4.27. The Morgan fingerprint density at radius 3 is 2.67 bits per heavy atom. The monoisotopic (exact) mass is 399 g/mol. The molecule has 0 atom stereocenters. The Balaban J connectivity index is 2.48. The third-order valence-corrected chi connectivity index (χ3v) is 6.26. The van der Waals surface area contributed by atoms with Gasteiger partial charge in [0, 0.05) is 19.8 Å². The number of aromatic carboxylic acids is 1. The van der Waals surface area contributed by atoms with Crippen LogP contribution in [0.3, 0.4) is 0 Å². The molecule has 0 saturated heterocycles. The van der Waals surface area contributed by atoms with Crippen LogP contribution in [0.25, 0.3) is 0 Å². The molecule has 6 nitrogen and oxygen atoms in total. The van der Waals surface area contributed by atoms with Crippen molar-refractivity contribution in [1.29, 1.82) is 0 Å². The Morgan fingerprint density at radius 2 is 2.10 bits per heavy atom. The number of carbonyl (C=O) groups is 1. The summed E-state index contributed by atoms with van der Waals surface area (Å²) in [6, 6.07) is 1.15. The summed E-state index contributed by atoms with van der Waals surface area (Å²) < 4.78 is 32.2. The Bertz CT molecular complexity index is 570. The molecule has 9 heteroatoms. The van der Waals surface area contributed by atoms with E-state index in [-0.39, 0.29) is 20.1 Å². The first-order chi connectivity index (χ1) is 9.88. The van der Waals surface area contributed by atoms with Gasteiger partial charge in [0.1, 0.15) is 9.77 Å². The number of rotatable bonds is 10. The van der Waals surface area contributed by atoms with Crippen molar-refractivity contribution in [3.05, 3.63) is 14.7 Å². The van der Waals surface area contributed by atoms with Crippen molar-refractivity contribution in [3.8, 4) is 0 Å². The molecule has 0 aliphatic rings. The van der Waals surface area contributed by atoms with Gasteiger partial charge in [0.15, 0.2) is 0 Å². The van der Waals surface area contributed by atoms with Crippen LogP contribution in [0.4, 0.5) is 0 Å². The Hall–Kier alpha value is -0.480. The highest BCUT2D eigenvalue weighted by atomic mass is 79.9. The third kappa shape index (κ3) is 6.03. The summed E-state index contributed by atoms with van der Waals surface area (Å²) in [4.78, 5) is 10.8. The summed E-state index contributed by atoms with van der Waals surface area (Å²) in [5, 5.41) is 8.86. The first-order valence-corrected chi connectivity index (χ1v) is 9.57. The lowest BCUT2D eigenvalue weighted by Gasteiger charge is -2.06. The van der Waals surface area contributed by atoms with Crippen molar-refractivity contribution in [2.24, 2.45) is 0 Å². The fourth-order valence-electron chi connectivity index (χ4n) is 1.45. The number of thiophene rings is 1. The normalized spacial score (nSPS) is 11.7. The quantitative estimate of drug-likeness (QED) is 0.589. The lowest BCUT2D eigenvalue weighted by molar-refractivity contribution is 0.0702. The number of carboxylic acids is 1. The summed E-state index contributed by atoms with van der Waals surface area (Å²) >= 11 is 3.96. The maximum Gasteiger partial charge on any atom is 0.345 e. The molecule has 21 heavy (non-hydrogen) atoms. The molecule has 1 rings (SSSR count). The number of nitrogens with one attached hydrogen (secondary N) is 1. The predicted molar refractivity (Wildman–Crippen MR) is 84.5 cm³/mol. The van der Waals surface area contributed by atoms with Gasteiger partial charge in [0.2, 0.25) is 10.0 Å². The second kappa shape index (κ2) is 8.84. The summed E-state index contributed by atoms with van der Waals surface area (Å²) in [5.41, 5.74) is 0. The van der Waals surface area contributed by atoms with Gasteiger partial charge >= 0.3 is 5.97 Å². The molecule has 1 aromatic heterocycles. The zero-order valence-electron chi connectivity index (χ0n) is 11.6. The van der Waals surface area contributed by atoms with Crippen LogP contribution in [0, 0.1) is 0 Å². The molecular weight excluding hydrogens is 382 g/mol. The first-order valence-electron chi connectivity index (χ1n) is 6.48. The van der Waals surface area contributed by atoms with E-state index < -0.39 is 16.0 Å². The Labute approximate surface area is 136 Å². The molecule has 0 fully saturated rings. The number of unbranched alkanes of at least 4 members (excludes halogenated alkanes) is 1. The number of sulfonamides is 1. The average Bonchev–Trinajstić information content (AvgIpc) is 2.81. The molecule has 0 bridgehead atoms. The van der Waals surface area contributed by atoms with Crippen LogP contribution in [-0.4, -0.2) is 39.3 Å². The lowest BCUT2D eigenvalue weighted by Crippen LogP contribution is -2.25. The fourth-order valence-corrected chi connectivity index (χ4v) is 4.92. The largest absolute Gasteiger partial charge is 0.477 e. The van der Waals surface area contributed by atoms with Gasteiger partial charge in [-0.1, -0.05) is 13.3 Å². The summed E-state index contributed by atoms with van der Waals surface area (Å²) in [6.45, 7) is 3.50. The predicted octanol–water partition coefficient (Wildman–Crippen LogP) is 2.69. The van der Waals surface area contributed by atoms with Crippen molar-refractivity contribution in [2.75, 3.05) is 19.8 Å². The lowest BCUT2D eigenvalue weighted by atomic mass is 10.4. The fraction of sp³-hybridized carbons (Fsp3) is 0.583. The van der Waals surface area contributed by atoms with Crippen molar-refractivity contribution in [3.63, 3.8) is 0 Å². The molecule has 0 aromatic carbocycles. The van der Waals surface area contributed by atoms with E-state index in [1.807, 2.05) is 0 Å². The molecule has 0 aliphatic heterocycles. The topological polar surface area (TPSA) is 92.7 Å². The van der Waals surface area contributed by atoms with E-state index in [0.29, 0.717) is 19.6 Å². The van der Waals surface area contributed by atoms with Gasteiger partial charge in [-0.05, 0) is 34.8 Å². The van der Waals surface area contributed by atoms with E-state index in [9.17, 15) is 13.2 Å². The minimum absolute atomic E-state index is 0.0230. The molecule has 1 heterocycles. The minimum atomic E-state index is -3.71. The Morgan fingerprint density at radius 1 is 1.43 bits per heavy atom. The highest BCUT2D eigenvalue weighted by molar-refractivity contribution is 9.11. The van der Waals surface area contributed by atoms with Gasteiger partial charge in [0.25, 0.3) is 0 Å². The first kappa shape index (κ1) is 18.6. The summed E-state index contributed by atoms with van der Waals surface area (Å²) in [7, 11) is -3.71. The SMILES string of the molecule is CCCCOCCCNS(=O)(=O)c1cc(C(=O)O)sc1Br. The van der Waals surface area contributed by atoms with E-state index in [2.05, 4.69) is 27.6 Å². The van der Waals surface area contributed by atoms with Crippen molar-refractivity contribution < 1.29 is 23.1 Å². The standard InChI is InChI=1S/C12H18BrNO5S2/c1-2-3-6-19-7-4-5-14-21(17,18)10-8-9(12(15)16)20-11(10)13/h8,14H,2-7H2,1H3,(H,15,16). The maximum absolute atomic E-state index is 12.1. The summed E-state index contributed by atoms with van der Waals surface area (Å²) in [5.74, 6) is -1.15. The maximum atomic E-state index is 12.1. The molecule has 2 N–H and O–H groups in total. The number of carboxylic acid groups (broad SMARTS) is 1. The van der Waals surface area contributed by atoms with Crippen LogP contribution in [0.2, 0.25) is 0 Å². The van der Waals surface area contributed by atoms with Crippen molar-refractivity contribution in [1.82, 2.24) is 4.72 Å². The molecular formula is C12H18BrNO5S2. The molecule has 0 unspecified atom stereocenters. The highest BCUT2D eigenvalue weighted by Crippen LogP contribution is 2.31. The zero-order valence-corrected chi connectivity index (χ0v) is 14.8. The van der Waals surface area contributed by atoms with Crippen LogP contribution < -0.4 is 4.72 Å². The molecule has 0 saturated carbocycles. The highest BCUT2D eigenvalue weighted by Gasteiger charge is 2.22. The Kier molecular flexibility index (Phi) is 7.82. The number of hydrogen-bond donors (Lipinski definition) is 2. The zero-order chi connectivity index (χ0) is 15.9. The van der Waals surface area contributed by atoms with E-state index in [1.165, 1.54) is 0 Å². The van der Waals surface area contributed by atoms with Gasteiger partial charge < -0.3 is 9.84 Å². The van der Waals surface area contributed by atoms with Gasteiger partial charge in [-0.2, -0.15) is 0 Å². The third-order valence-electron chi connectivity index (χ3n) is 2.56. The molecule has 0 aliphatic carbocycles. The summed E-state index contributed by atoms with van der Waals surface area (Å²) in [6.07, 6.45) is 2.62. The van der Waals surface area contributed by atoms with E-state index in [1.54, 1.807) is 0 Å². The molecule has 1 aromatic rings. The number of halogens is 1. The van der Waals surface area contributed by atoms with Gasteiger partial charge in [-0.15, -0.1) is 11.3 Å². The van der Waals surface area contributed by atoms with E-state index >= 15 is 0 Å². The van der Waals surface area contributed by atoms with Crippen LogP contribution in [-0.2, 0) is 14.8 Å². The van der Waals surface area contributed by atoms with Crippen molar-refractivity contribution >= 4 is 43.3 Å². The van der Waals surface area contributed by atoms with Crippen LogP contribution in [0.5, 0.6) is 0 Å². The van der Waals surface area contributed by atoms with Gasteiger partial charge in [-0.3, -0.25) is 0 Å². The smallest absolute Gasteiger partial charge is 0.345 e. The number of ether oxygens (including phenoxy) is 1. The molecule has 120 valence electrons. The van der Waals surface area contributed by atoms with Gasteiger partial charge in [0.05, 0.1) is 3.79 Å². The van der Waals surface area contributed by atoms with Crippen molar-refractivity contribution in [2.45, 2.75) is 31.1 Å². The molecule has 0 spiro atoms. The van der Waals surface area contributed by atoms with Crippen LogP contribution in [0.1, 0.15) is 35.9 Å². The van der Waals surface area contributed by atoms with Crippen LogP contribution >= 0.6 is 27.3 Å². The van der Waals surface area contributed by atoms with Gasteiger partial charge in [-0.25, -0.2) is 17.9 Å². The minimum Gasteiger partial charge on any atom is -0.477 e. The molecule has 0 amide bonds. The second-order valence-corrected chi connectivity index (χ2v) is 8.38.